The van der Waals surface area contributed by atoms with Crippen molar-refractivity contribution in [1.29, 1.82) is 0 Å². The zero-order valence-electron chi connectivity index (χ0n) is 15.6. The quantitative estimate of drug-likeness (QED) is 0.590. The Bertz CT molecular complexity index is 770. The Morgan fingerprint density at radius 3 is 2.31 bits per heavy atom. The molecule has 0 radical (unpaired) electrons. The maximum Gasteiger partial charge on any atom is 0.124 e. The summed E-state index contributed by atoms with van der Waals surface area (Å²) < 4.78 is 8.16. The topological polar surface area (TPSA) is 30.3 Å². The second-order valence-electron chi connectivity index (χ2n) is 6.58. The summed E-state index contributed by atoms with van der Waals surface area (Å²) in [5.41, 5.74) is 3.60. The van der Waals surface area contributed by atoms with Crippen LogP contribution in [0.1, 0.15) is 22.9 Å². The summed E-state index contributed by atoms with van der Waals surface area (Å²) in [6.45, 7) is 2.60. The second kappa shape index (κ2) is 9.32. The SMILES string of the molecule is CN(CCOC(c1ccccc1)c1ccnn1C)CCc1ccccc1. The standard InChI is InChI=1S/C22H27N3O/c1-24(16-14-19-9-5-3-6-10-19)17-18-26-22(20-11-7-4-8-12-20)21-13-15-23-25(21)2/h3-13,15,22H,14,16-18H2,1-2H3. The van der Waals surface area contributed by atoms with E-state index in [-0.39, 0.29) is 6.10 Å². The van der Waals surface area contributed by atoms with Crippen molar-refractivity contribution in [2.75, 3.05) is 26.7 Å². The molecule has 4 heteroatoms. The Labute approximate surface area is 156 Å². The molecule has 0 fully saturated rings. The van der Waals surface area contributed by atoms with Crippen molar-refractivity contribution >= 4 is 0 Å². The van der Waals surface area contributed by atoms with E-state index >= 15 is 0 Å². The molecule has 1 heterocycles. The van der Waals surface area contributed by atoms with E-state index < -0.39 is 0 Å². The first-order valence-electron chi connectivity index (χ1n) is 9.11. The van der Waals surface area contributed by atoms with Crippen molar-refractivity contribution in [2.24, 2.45) is 7.05 Å². The van der Waals surface area contributed by atoms with E-state index in [0.717, 1.165) is 30.8 Å². The van der Waals surface area contributed by atoms with Crippen molar-refractivity contribution in [3.8, 4) is 0 Å². The molecule has 0 amide bonds. The number of rotatable bonds is 9. The van der Waals surface area contributed by atoms with E-state index in [2.05, 4.69) is 59.5 Å². The Kier molecular flexibility index (Phi) is 6.58. The molecular formula is C22H27N3O. The van der Waals surface area contributed by atoms with Gasteiger partial charge in [0.15, 0.2) is 0 Å². The molecule has 4 nitrogen and oxygen atoms in total. The molecule has 3 rings (SSSR count). The van der Waals surface area contributed by atoms with E-state index in [1.165, 1.54) is 5.56 Å². The average Bonchev–Trinajstić information content (AvgIpc) is 3.11. The van der Waals surface area contributed by atoms with Crippen LogP contribution in [0.3, 0.4) is 0 Å². The van der Waals surface area contributed by atoms with Crippen LogP contribution in [0.4, 0.5) is 0 Å². The van der Waals surface area contributed by atoms with Crippen molar-refractivity contribution in [2.45, 2.75) is 12.5 Å². The van der Waals surface area contributed by atoms with Crippen molar-refractivity contribution in [3.63, 3.8) is 0 Å². The van der Waals surface area contributed by atoms with Gasteiger partial charge >= 0.3 is 0 Å². The second-order valence-corrected chi connectivity index (χ2v) is 6.58. The minimum Gasteiger partial charge on any atom is -0.366 e. The molecule has 1 unspecified atom stereocenters. The van der Waals surface area contributed by atoms with Crippen LogP contribution in [0.2, 0.25) is 0 Å². The predicted octanol–water partition coefficient (Wildman–Crippen LogP) is 3.70. The molecule has 2 aromatic carbocycles. The van der Waals surface area contributed by atoms with E-state index in [0.29, 0.717) is 6.61 Å². The van der Waals surface area contributed by atoms with Gasteiger partial charge in [-0.15, -0.1) is 0 Å². The number of aromatic nitrogens is 2. The minimum atomic E-state index is -0.0915. The molecule has 26 heavy (non-hydrogen) atoms. The molecule has 0 saturated heterocycles. The highest BCUT2D eigenvalue weighted by Gasteiger charge is 2.18. The fourth-order valence-electron chi connectivity index (χ4n) is 3.02. The number of hydrogen-bond acceptors (Lipinski definition) is 3. The third-order valence-electron chi connectivity index (χ3n) is 4.61. The molecule has 0 aliphatic rings. The van der Waals surface area contributed by atoms with Gasteiger partial charge in [0.25, 0.3) is 0 Å². The van der Waals surface area contributed by atoms with Crippen LogP contribution in [-0.4, -0.2) is 41.4 Å². The lowest BCUT2D eigenvalue weighted by molar-refractivity contribution is 0.0603. The molecule has 0 N–H and O–H groups in total. The number of aryl methyl sites for hydroxylation is 1. The van der Waals surface area contributed by atoms with E-state index in [1.54, 1.807) is 0 Å². The third-order valence-corrected chi connectivity index (χ3v) is 4.61. The van der Waals surface area contributed by atoms with Crippen LogP contribution in [0.5, 0.6) is 0 Å². The molecule has 1 atom stereocenters. The first-order chi connectivity index (χ1) is 12.7. The van der Waals surface area contributed by atoms with Gasteiger partial charge in [-0.1, -0.05) is 60.7 Å². The first kappa shape index (κ1) is 18.4. The highest BCUT2D eigenvalue weighted by atomic mass is 16.5. The summed E-state index contributed by atoms with van der Waals surface area (Å²) in [5.74, 6) is 0. The Balaban J connectivity index is 1.54. The maximum absolute atomic E-state index is 6.27. The number of benzene rings is 2. The predicted molar refractivity (Wildman–Crippen MR) is 105 cm³/mol. The van der Waals surface area contributed by atoms with Gasteiger partial charge in [0.2, 0.25) is 0 Å². The lowest BCUT2D eigenvalue weighted by atomic mass is 10.1. The minimum absolute atomic E-state index is 0.0915. The highest BCUT2D eigenvalue weighted by Crippen LogP contribution is 2.25. The number of nitrogens with zero attached hydrogens (tertiary/aromatic N) is 3. The van der Waals surface area contributed by atoms with Crippen LogP contribution >= 0.6 is 0 Å². The van der Waals surface area contributed by atoms with Crippen LogP contribution in [0.25, 0.3) is 0 Å². The maximum atomic E-state index is 6.27. The lowest BCUT2D eigenvalue weighted by Crippen LogP contribution is -2.26. The molecule has 0 saturated carbocycles. The largest absolute Gasteiger partial charge is 0.366 e. The van der Waals surface area contributed by atoms with Gasteiger partial charge < -0.3 is 9.64 Å². The molecule has 0 aliphatic carbocycles. The van der Waals surface area contributed by atoms with Gasteiger partial charge in [0.1, 0.15) is 6.10 Å². The normalized spacial score (nSPS) is 12.4. The summed E-state index contributed by atoms with van der Waals surface area (Å²) in [7, 11) is 4.11. The van der Waals surface area contributed by atoms with Gasteiger partial charge in [0.05, 0.1) is 12.3 Å². The fourth-order valence-corrected chi connectivity index (χ4v) is 3.02. The van der Waals surface area contributed by atoms with Crippen molar-refractivity contribution < 1.29 is 4.74 Å². The molecule has 136 valence electrons. The van der Waals surface area contributed by atoms with Crippen LogP contribution in [0, 0.1) is 0 Å². The zero-order chi connectivity index (χ0) is 18.2. The van der Waals surface area contributed by atoms with Gasteiger partial charge in [-0.25, -0.2) is 0 Å². The van der Waals surface area contributed by atoms with Crippen LogP contribution < -0.4 is 0 Å². The number of likely N-dealkylation sites (N-methyl/N-ethyl adjacent to an activating group) is 1. The third kappa shape index (κ3) is 5.04. The summed E-state index contributed by atoms with van der Waals surface area (Å²) in [6, 6.07) is 23.0. The molecular weight excluding hydrogens is 322 g/mol. The van der Waals surface area contributed by atoms with Gasteiger partial charge in [-0.05, 0) is 30.7 Å². The molecule has 3 aromatic rings. The van der Waals surface area contributed by atoms with E-state index in [1.807, 2.05) is 42.2 Å². The monoisotopic (exact) mass is 349 g/mol. The molecule has 1 aromatic heterocycles. The first-order valence-corrected chi connectivity index (χ1v) is 9.11. The van der Waals surface area contributed by atoms with E-state index in [4.69, 9.17) is 4.74 Å². The molecule has 0 spiro atoms. The van der Waals surface area contributed by atoms with Crippen LogP contribution in [0.15, 0.2) is 72.9 Å². The smallest absolute Gasteiger partial charge is 0.124 e. The van der Waals surface area contributed by atoms with Gasteiger partial charge in [-0.3, -0.25) is 4.68 Å². The average molecular weight is 349 g/mol. The zero-order valence-corrected chi connectivity index (χ0v) is 15.6. The van der Waals surface area contributed by atoms with Crippen molar-refractivity contribution in [3.05, 3.63) is 89.7 Å². The van der Waals surface area contributed by atoms with Gasteiger partial charge in [0, 0.05) is 26.3 Å². The van der Waals surface area contributed by atoms with Crippen molar-refractivity contribution in [1.82, 2.24) is 14.7 Å². The Morgan fingerprint density at radius 1 is 0.962 bits per heavy atom. The lowest BCUT2D eigenvalue weighted by Gasteiger charge is -2.22. The van der Waals surface area contributed by atoms with E-state index in [9.17, 15) is 0 Å². The Morgan fingerprint density at radius 2 is 1.65 bits per heavy atom. The van der Waals surface area contributed by atoms with Crippen LogP contribution in [-0.2, 0) is 18.2 Å². The number of hydrogen-bond donors (Lipinski definition) is 0. The highest BCUT2D eigenvalue weighted by molar-refractivity contribution is 5.25. The number of ether oxygens (including phenoxy) is 1. The summed E-state index contributed by atoms with van der Waals surface area (Å²) in [5, 5.41) is 4.30. The summed E-state index contributed by atoms with van der Waals surface area (Å²) in [4.78, 5) is 2.32. The Hall–Kier alpha value is -2.43. The fraction of sp³-hybridized carbons (Fsp3) is 0.318. The van der Waals surface area contributed by atoms with Gasteiger partial charge in [-0.2, -0.15) is 5.10 Å². The summed E-state index contributed by atoms with van der Waals surface area (Å²) >= 11 is 0. The molecule has 0 aliphatic heterocycles. The molecule has 0 bridgehead atoms. The summed E-state index contributed by atoms with van der Waals surface area (Å²) in [6.07, 6.45) is 2.79.